The number of Topliss-reactive ketones (excluding diaryl/α,β-unsaturated/α-hetero) is 1. The molecule has 4 aliphatic carbocycles. The molecule has 0 saturated heterocycles. The van der Waals surface area contributed by atoms with Crippen molar-refractivity contribution in [2.45, 2.75) is 83.8 Å². The minimum absolute atomic E-state index is 0.0325. The van der Waals surface area contributed by atoms with Crippen molar-refractivity contribution in [2.75, 3.05) is 0 Å². The molecule has 4 saturated carbocycles. The van der Waals surface area contributed by atoms with E-state index >= 15 is 0 Å². The first-order valence-corrected chi connectivity index (χ1v) is 9.60. The average molecular weight is 320 g/mol. The average Bonchev–Trinajstić information content (AvgIpc) is 2.77. The molecular formula is C20H32O3. The summed E-state index contributed by atoms with van der Waals surface area (Å²) < 4.78 is 0. The fourth-order valence-corrected chi connectivity index (χ4v) is 7.15. The zero-order chi connectivity index (χ0) is 16.6. The van der Waals surface area contributed by atoms with E-state index in [4.69, 9.17) is 0 Å². The molecule has 0 bridgehead atoms. The highest BCUT2D eigenvalue weighted by atomic mass is 16.3. The predicted octanol–water partition coefficient (Wildman–Crippen LogP) is 3.32. The molecule has 0 spiro atoms. The molecule has 4 aliphatic rings. The van der Waals surface area contributed by atoms with Crippen LogP contribution in [0.3, 0.4) is 0 Å². The number of carbonyl (C=O) groups is 1. The molecular weight excluding hydrogens is 288 g/mol. The van der Waals surface area contributed by atoms with Gasteiger partial charge in [0.25, 0.3) is 0 Å². The van der Waals surface area contributed by atoms with Crippen molar-refractivity contribution in [3.8, 4) is 0 Å². The monoisotopic (exact) mass is 320 g/mol. The summed E-state index contributed by atoms with van der Waals surface area (Å²) in [5, 5.41) is 21.0. The van der Waals surface area contributed by atoms with Gasteiger partial charge in [0.05, 0.1) is 11.7 Å². The van der Waals surface area contributed by atoms with E-state index in [-0.39, 0.29) is 22.9 Å². The molecule has 0 heterocycles. The third kappa shape index (κ3) is 2.12. The Bertz CT molecular complexity index is 527. The number of fused-ring (bicyclic) bond motifs is 5. The molecule has 3 nitrogen and oxygen atoms in total. The Kier molecular flexibility index (Phi) is 3.37. The van der Waals surface area contributed by atoms with Gasteiger partial charge in [-0.3, -0.25) is 4.79 Å². The van der Waals surface area contributed by atoms with Crippen LogP contribution in [0, 0.1) is 34.5 Å². The molecule has 3 heteroatoms. The molecule has 8 atom stereocenters. The fourth-order valence-electron chi connectivity index (χ4n) is 7.15. The lowest BCUT2D eigenvalue weighted by Crippen LogP contribution is -2.58. The van der Waals surface area contributed by atoms with Crippen LogP contribution in [0.5, 0.6) is 0 Å². The summed E-state index contributed by atoms with van der Waals surface area (Å²) in [4.78, 5) is 13.0. The highest BCUT2D eigenvalue weighted by molar-refractivity contribution is 5.83. The number of aliphatic hydroxyl groups excluding tert-OH is 1. The molecule has 0 aromatic carbocycles. The second-order valence-corrected chi connectivity index (χ2v) is 9.94. The zero-order valence-electron chi connectivity index (χ0n) is 14.8. The molecule has 0 unspecified atom stereocenters. The molecule has 4 rings (SSSR count). The number of hydrogen-bond acceptors (Lipinski definition) is 3. The molecule has 0 aromatic heterocycles. The van der Waals surface area contributed by atoms with E-state index < -0.39 is 5.60 Å². The molecule has 130 valence electrons. The van der Waals surface area contributed by atoms with Crippen LogP contribution in [0.15, 0.2) is 0 Å². The summed E-state index contributed by atoms with van der Waals surface area (Å²) in [5.74, 6) is 2.01. The number of aliphatic hydroxyl groups is 2. The van der Waals surface area contributed by atoms with Gasteiger partial charge in [-0.15, -0.1) is 0 Å². The second-order valence-electron chi connectivity index (χ2n) is 9.94. The molecule has 0 amide bonds. The Balaban J connectivity index is 1.68. The van der Waals surface area contributed by atoms with Gasteiger partial charge in [0.2, 0.25) is 0 Å². The maximum atomic E-state index is 13.0. The van der Waals surface area contributed by atoms with Crippen LogP contribution in [0.4, 0.5) is 0 Å². The van der Waals surface area contributed by atoms with Crippen LogP contribution >= 0.6 is 0 Å². The van der Waals surface area contributed by atoms with Crippen LogP contribution in [-0.2, 0) is 4.79 Å². The maximum absolute atomic E-state index is 13.0. The molecule has 0 aliphatic heterocycles. The molecule has 4 fully saturated rings. The Labute approximate surface area is 139 Å². The molecule has 2 N–H and O–H groups in total. The van der Waals surface area contributed by atoms with Gasteiger partial charge in [-0.1, -0.05) is 13.8 Å². The first-order chi connectivity index (χ1) is 10.7. The van der Waals surface area contributed by atoms with E-state index in [2.05, 4.69) is 13.8 Å². The van der Waals surface area contributed by atoms with E-state index in [1.807, 2.05) is 6.92 Å². The Morgan fingerprint density at radius 3 is 2.39 bits per heavy atom. The van der Waals surface area contributed by atoms with Crippen molar-refractivity contribution in [3.05, 3.63) is 0 Å². The highest BCUT2D eigenvalue weighted by Crippen LogP contribution is 2.66. The molecule has 23 heavy (non-hydrogen) atoms. The van der Waals surface area contributed by atoms with Crippen LogP contribution in [0.1, 0.15) is 72.1 Å². The lowest BCUT2D eigenvalue weighted by Gasteiger charge is -2.60. The summed E-state index contributed by atoms with van der Waals surface area (Å²) in [6, 6.07) is 0. The van der Waals surface area contributed by atoms with E-state index in [0.717, 1.165) is 38.5 Å². The Hall–Kier alpha value is -0.410. The summed E-state index contributed by atoms with van der Waals surface area (Å²) in [7, 11) is 0. The maximum Gasteiger partial charge on any atom is 0.136 e. The largest absolute Gasteiger partial charge is 0.393 e. The van der Waals surface area contributed by atoms with Gasteiger partial charge < -0.3 is 10.2 Å². The lowest BCUT2D eigenvalue weighted by molar-refractivity contribution is -0.169. The van der Waals surface area contributed by atoms with E-state index in [9.17, 15) is 15.0 Å². The minimum Gasteiger partial charge on any atom is -0.393 e. The van der Waals surface area contributed by atoms with E-state index in [1.165, 1.54) is 0 Å². The number of carbonyl (C=O) groups excluding carboxylic acids is 1. The normalized spacial score (nSPS) is 59.2. The lowest BCUT2D eigenvalue weighted by atomic mass is 9.44. The quantitative estimate of drug-likeness (QED) is 0.720. The SMILES string of the molecule is C[C@@]1(O)CC[C@@]2(C)[C@H](C1)C(=O)C[C@@H]1[C@@H]2CC[C@]2(C)[C@@H](O)CC[C@@H]12. The minimum atomic E-state index is -0.667. The first-order valence-electron chi connectivity index (χ1n) is 9.60. The van der Waals surface area contributed by atoms with Crippen LogP contribution in [0.25, 0.3) is 0 Å². The summed E-state index contributed by atoms with van der Waals surface area (Å²) in [6.45, 7) is 6.49. The van der Waals surface area contributed by atoms with Crippen molar-refractivity contribution in [1.82, 2.24) is 0 Å². The topological polar surface area (TPSA) is 57.5 Å². The summed E-state index contributed by atoms with van der Waals surface area (Å²) >= 11 is 0. The van der Waals surface area contributed by atoms with E-state index in [1.54, 1.807) is 0 Å². The smallest absolute Gasteiger partial charge is 0.136 e. The van der Waals surface area contributed by atoms with E-state index in [0.29, 0.717) is 36.4 Å². The highest BCUT2D eigenvalue weighted by Gasteiger charge is 2.62. The Morgan fingerprint density at radius 2 is 1.65 bits per heavy atom. The van der Waals surface area contributed by atoms with Crippen LogP contribution < -0.4 is 0 Å². The van der Waals surface area contributed by atoms with Crippen LogP contribution in [0.2, 0.25) is 0 Å². The van der Waals surface area contributed by atoms with Crippen molar-refractivity contribution >= 4 is 5.78 Å². The Morgan fingerprint density at radius 1 is 0.957 bits per heavy atom. The zero-order valence-corrected chi connectivity index (χ0v) is 14.8. The summed E-state index contributed by atoms with van der Waals surface area (Å²) in [5.41, 5.74) is -0.568. The van der Waals surface area contributed by atoms with Gasteiger partial charge in [-0.05, 0) is 80.5 Å². The number of hydrogen-bond donors (Lipinski definition) is 2. The van der Waals surface area contributed by atoms with Gasteiger partial charge >= 0.3 is 0 Å². The predicted molar refractivity (Wildman–Crippen MR) is 88.7 cm³/mol. The number of ketones is 1. The van der Waals surface area contributed by atoms with Gasteiger partial charge in [0.1, 0.15) is 5.78 Å². The molecule has 0 aromatic rings. The third-order valence-electron chi connectivity index (χ3n) is 8.70. The first kappa shape index (κ1) is 16.1. The second kappa shape index (κ2) is 4.82. The third-order valence-corrected chi connectivity index (χ3v) is 8.70. The van der Waals surface area contributed by atoms with Crippen LogP contribution in [-0.4, -0.2) is 27.7 Å². The van der Waals surface area contributed by atoms with Gasteiger partial charge in [0, 0.05) is 12.3 Å². The van der Waals surface area contributed by atoms with Gasteiger partial charge in [0.15, 0.2) is 0 Å². The number of rotatable bonds is 0. The van der Waals surface area contributed by atoms with Gasteiger partial charge in [-0.25, -0.2) is 0 Å². The van der Waals surface area contributed by atoms with Crippen molar-refractivity contribution in [2.24, 2.45) is 34.5 Å². The summed E-state index contributed by atoms with van der Waals surface area (Å²) in [6.07, 6.45) is 7.21. The van der Waals surface area contributed by atoms with Crippen molar-refractivity contribution < 1.29 is 15.0 Å². The fraction of sp³-hybridized carbons (Fsp3) is 0.950. The van der Waals surface area contributed by atoms with Crippen molar-refractivity contribution in [3.63, 3.8) is 0 Å². The standard InChI is InChI=1S/C20H32O3/c1-18(23)8-9-19(2)14-6-7-20(3)13(4-5-17(20)22)12(14)10-16(21)15(19)11-18/h12-15,17,22-23H,4-11H2,1-3H3/t12-,13-,14-,15+,17-,18+,19+,20-/m0/s1. The molecule has 0 radical (unpaired) electrons. The van der Waals surface area contributed by atoms with Crippen molar-refractivity contribution in [1.29, 1.82) is 0 Å². The van der Waals surface area contributed by atoms with Gasteiger partial charge in [-0.2, -0.15) is 0 Å².